The standard InChI is InChI=1S/C21H30N2/c1-16(2)15-18(5)23(17(3)4)21-13-11-20(12-14-21)22-19-9-7-6-8-10-19/h6-14,16-18,22H,15H2,1-5H3. The molecule has 124 valence electrons. The number of rotatable bonds is 7. The van der Waals surface area contributed by atoms with Crippen LogP contribution in [0.5, 0.6) is 0 Å². The largest absolute Gasteiger partial charge is 0.366 e. The van der Waals surface area contributed by atoms with Crippen molar-refractivity contribution in [1.29, 1.82) is 0 Å². The van der Waals surface area contributed by atoms with Crippen LogP contribution in [0.2, 0.25) is 0 Å². The van der Waals surface area contributed by atoms with E-state index in [1.807, 2.05) is 18.2 Å². The van der Waals surface area contributed by atoms with Gasteiger partial charge in [-0.25, -0.2) is 0 Å². The van der Waals surface area contributed by atoms with Gasteiger partial charge in [-0.3, -0.25) is 0 Å². The van der Waals surface area contributed by atoms with E-state index in [1.165, 1.54) is 12.1 Å². The van der Waals surface area contributed by atoms with Crippen molar-refractivity contribution in [3.8, 4) is 0 Å². The summed E-state index contributed by atoms with van der Waals surface area (Å²) in [4.78, 5) is 2.52. The number of hydrogen-bond acceptors (Lipinski definition) is 2. The normalized spacial score (nSPS) is 12.5. The van der Waals surface area contributed by atoms with Crippen LogP contribution in [0.4, 0.5) is 17.1 Å². The van der Waals surface area contributed by atoms with Gasteiger partial charge in [0.15, 0.2) is 0 Å². The monoisotopic (exact) mass is 310 g/mol. The Morgan fingerprint density at radius 3 is 1.87 bits per heavy atom. The van der Waals surface area contributed by atoms with E-state index in [4.69, 9.17) is 0 Å². The number of benzene rings is 2. The van der Waals surface area contributed by atoms with E-state index in [2.05, 4.69) is 81.2 Å². The van der Waals surface area contributed by atoms with Gasteiger partial charge in [0.05, 0.1) is 0 Å². The molecule has 0 amide bonds. The highest BCUT2D eigenvalue weighted by Gasteiger charge is 2.18. The van der Waals surface area contributed by atoms with E-state index in [-0.39, 0.29) is 0 Å². The lowest BCUT2D eigenvalue weighted by Gasteiger charge is -2.36. The van der Waals surface area contributed by atoms with Crippen LogP contribution in [0, 0.1) is 5.92 Å². The van der Waals surface area contributed by atoms with E-state index in [9.17, 15) is 0 Å². The first-order valence-electron chi connectivity index (χ1n) is 8.68. The second kappa shape index (κ2) is 8.05. The van der Waals surface area contributed by atoms with Crippen LogP contribution in [0.25, 0.3) is 0 Å². The average Bonchev–Trinajstić information content (AvgIpc) is 2.49. The second-order valence-electron chi connectivity index (χ2n) is 7.02. The van der Waals surface area contributed by atoms with Crippen LogP contribution in [0.15, 0.2) is 54.6 Å². The Bertz CT molecular complexity index is 573. The van der Waals surface area contributed by atoms with E-state index < -0.39 is 0 Å². The minimum atomic E-state index is 0.497. The zero-order valence-electron chi connectivity index (χ0n) is 15.1. The van der Waals surface area contributed by atoms with Gasteiger partial charge in [0, 0.05) is 29.1 Å². The third-order valence-electron chi connectivity index (χ3n) is 4.07. The molecule has 0 spiro atoms. The Balaban J connectivity index is 2.12. The number of nitrogens with zero attached hydrogens (tertiary/aromatic N) is 1. The van der Waals surface area contributed by atoms with Gasteiger partial charge in [0.2, 0.25) is 0 Å². The molecule has 1 atom stereocenters. The molecule has 0 aliphatic carbocycles. The van der Waals surface area contributed by atoms with Crippen LogP contribution in [-0.2, 0) is 0 Å². The predicted molar refractivity (Wildman–Crippen MR) is 103 cm³/mol. The highest BCUT2D eigenvalue weighted by molar-refractivity contribution is 5.63. The number of para-hydroxylation sites is 1. The number of nitrogens with one attached hydrogen (secondary N) is 1. The van der Waals surface area contributed by atoms with E-state index in [1.54, 1.807) is 0 Å². The fourth-order valence-electron chi connectivity index (χ4n) is 3.26. The van der Waals surface area contributed by atoms with Crippen molar-refractivity contribution in [1.82, 2.24) is 0 Å². The highest BCUT2D eigenvalue weighted by atomic mass is 15.2. The Labute approximate surface area is 141 Å². The molecule has 1 unspecified atom stereocenters. The zero-order chi connectivity index (χ0) is 16.8. The molecule has 0 aromatic heterocycles. The molecule has 2 aromatic carbocycles. The molecule has 23 heavy (non-hydrogen) atoms. The quantitative estimate of drug-likeness (QED) is 0.666. The summed E-state index contributed by atoms with van der Waals surface area (Å²) in [5.41, 5.74) is 3.54. The first-order valence-corrected chi connectivity index (χ1v) is 8.68. The molecular weight excluding hydrogens is 280 g/mol. The van der Waals surface area contributed by atoms with Gasteiger partial charge in [-0.15, -0.1) is 0 Å². The predicted octanol–water partition coefficient (Wildman–Crippen LogP) is 6.08. The van der Waals surface area contributed by atoms with Gasteiger partial charge in [0.25, 0.3) is 0 Å². The Hall–Kier alpha value is -1.96. The molecule has 2 aromatic rings. The first kappa shape index (κ1) is 17.4. The Morgan fingerprint density at radius 2 is 1.35 bits per heavy atom. The third-order valence-corrected chi connectivity index (χ3v) is 4.07. The molecule has 0 aliphatic heterocycles. The fraction of sp³-hybridized carbons (Fsp3) is 0.429. The topological polar surface area (TPSA) is 15.3 Å². The average molecular weight is 310 g/mol. The summed E-state index contributed by atoms with van der Waals surface area (Å²) in [7, 11) is 0. The maximum absolute atomic E-state index is 3.44. The van der Waals surface area contributed by atoms with Crippen molar-refractivity contribution < 1.29 is 0 Å². The van der Waals surface area contributed by atoms with Gasteiger partial charge >= 0.3 is 0 Å². The summed E-state index contributed by atoms with van der Waals surface area (Å²) in [6, 6.07) is 20.1. The summed E-state index contributed by atoms with van der Waals surface area (Å²) < 4.78 is 0. The molecule has 2 nitrogen and oxygen atoms in total. The smallest absolute Gasteiger partial charge is 0.0385 e. The van der Waals surface area contributed by atoms with Crippen LogP contribution in [0.3, 0.4) is 0 Å². The molecule has 0 saturated carbocycles. The van der Waals surface area contributed by atoms with Crippen LogP contribution >= 0.6 is 0 Å². The minimum Gasteiger partial charge on any atom is -0.366 e. The van der Waals surface area contributed by atoms with Crippen molar-refractivity contribution >= 4 is 17.1 Å². The van der Waals surface area contributed by atoms with Gasteiger partial charge in [-0.2, -0.15) is 0 Å². The maximum Gasteiger partial charge on any atom is 0.0385 e. The highest BCUT2D eigenvalue weighted by Crippen LogP contribution is 2.26. The number of anilines is 3. The Morgan fingerprint density at radius 1 is 0.783 bits per heavy atom. The zero-order valence-corrected chi connectivity index (χ0v) is 15.1. The summed E-state index contributed by atoms with van der Waals surface area (Å²) in [5, 5.41) is 3.44. The van der Waals surface area contributed by atoms with Crippen LogP contribution in [0.1, 0.15) is 41.0 Å². The minimum absolute atomic E-state index is 0.497. The fourth-order valence-corrected chi connectivity index (χ4v) is 3.26. The van der Waals surface area contributed by atoms with E-state index in [0.29, 0.717) is 18.0 Å². The molecule has 0 saturated heterocycles. The Kier molecular flexibility index (Phi) is 6.09. The number of hydrogen-bond donors (Lipinski definition) is 1. The van der Waals surface area contributed by atoms with Gasteiger partial charge in [-0.05, 0) is 69.5 Å². The van der Waals surface area contributed by atoms with Crippen molar-refractivity contribution in [3.05, 3.63) is 54.6 Å². The van der Waals surface area contributed by atoms with Crippen molar-refractivity contribution in [3.63, 3.8) is 0 Å². The molecular formula is C21H30N2. The lowest BCUT2D eigenvalue weighted by molar-refractivity contribution is 0.467. The first-order chi connectivity index (χ1) is 11.0. The molecule has 0 heterocycles. The SMILES string of the molecule is CC(C)CC(C)N(c1ccc(Nc2ccccc2)cc1)C(C)C. The molecule has 0 fully saturated rings. The van der Waals surface area contributed by atoms with Crippen molar-refractivity contribution in [2.24, 2.45) is 5.92 Å². The van der Waals surface area contributed by atoms with Crippen molar-refractivity contribution in [2.45, 2.75) is 53.1 Å². The summed E-state index contributed by atoms with van der Waals surface area (Å²) in [6.45, 7) is 11.5. The molecule has 0 bridgehead atoms. The van der Waals surface area contributed by atoms with E-state index in [0.717, 1.165) is 11.4 Å². The van der Waals surface area contributed by atoms with Crippen LogP contribution < -0.4 is 10.2 Å². The molecule has 1 N–H and O–H groups in total. The van der Waals surface area contributed by atoms with Gasteiger partial charge < -0.3 is 10.2 Å². The van der Waals surface area contributed by atoms with Crippen LogP contribution in [-0.4, -0.2) is 12.1 Å². The van der Waals surface area contributed by atoms with Gasteiger partial charge in [-0.1, -0.05) is 32.0 Å². The molecule has 0 radical (unpaired) electrons. The summed E-state index contributed by atoms with van der Waals surface area (Å²) in [5.74, 6) is 0.713. The summed E-state index contributed by atoms with van der Waals surface area (Å²) in [6.07, 6.45) is 1.21. The second-order valence-corrected chi connectivity index (χ2v) is 7.02. The molecule has 0 aliphatic rings. The van der Waals surface area contributed by atoms with Gasteiger partial charge in [0.1, 0.15) is 0 Å². The molecule has 2 heteroatoms. The maximum atomic E-state index is 3.44. The lowest BCUT2D eigenvalue weighted by Crippen LogP contribution is -2.39. The lowest BCUT2D eigenvalue weighted by atomic mass is 10.0. The third kappa shape index (κ3) is 5.02. The van der Waals surface area contributed by atoms with E-state index >= 15 is 0 Å². The molecule has 2 rings (SSSR count). The van der Waals surface area contributed by atoms with Crippen molar-refractivity contribution in [2.75, 3.05) is 10.2 Å². The summed E-state index contributed by atoms with van der Waals surface area (Å²) >= 11 is 0.